The molecule has 0 heterocycles. The van der Waals surface area contributed by atoms with E-state index < -0.39 is 6.09 Å². The molecule has 6 nitrogen and oxygen atoms in total. The number of carbonyl (C=O) groups excluding carboxylic acids is 1. The molecule has 6 heteroatoms. The summed E-state index contributed by atoms with van der Waals surface area (Å²) < 4.78 is 9.72. The third-order valence-corrected chi connectivity index (χ3v) is 1.37. The minimum absolute atomic E-state index is 0.0415. The molecule has 0 fully saturated rings. The van der Waals surface area contributed by atoms with Crippen LogP contribution in [0, 0.1) is 0 Å². The maximum atomic E-state index is 10.6. The van der Waals surface area contributed by atoms with E-state index in [1.807, 2.05) is 0 Å². The van der Waals surface area contributed by atoms with Crippen LogP contribution in [0.4, 0.5) is 4.79 Å². The Labute approximate surface area is 83.6 Å². The molecule has 0 rings (SSSR count). The number of aliphatic hydroxyl groups is 1. The molecule has 3 N–H and O–H groups in total. The van der Waals surface area contributed by atoms with Gasteiger partial charge in [-0.25, -0.2) is 4.79 Å². The number of rotatable bonds is 8. The second kappa shape index (κ2) is 10.2. The Bertz CT molecular complexity index is 143. The fourth-order valence-electron chi connectivity index (χ4n) is 0.724. The van der Waals surface area contributed by atoms with Gasteiger partial charge in [0.25, 0.3) is 0 Å². The lowest BCUT2D eigenvalue weighted by Gasteiger charge is -2.05. The van der Waals surface area contributed by atoms with Gasteiger partial charge in [0.15, 0.2) is 0 Å². The summed E-state index contributed by atoms with van der Waals surface area (Å²) in [5.74, 6) is 0. The second-order valence-corrected chi connectivity index (χ2v) is 2.47. The number of hydrogen-bond acceptors (Lipinski definition) is 5. The molecule has 0 aromatic rings. The van der Waals surface area contributed by atoms with Gasteiger partial charge < -0.3 is 25.2 Å². The largest absolute Gasteiger partial charge is 0.448 e. The fraction of sp³-hybridized carbons (Fsp3) is 0.875. The number of amides is 1. The summed E-state index contributed by atoms with van der Waals surface area (Å²) in [5.41, 5.74) is 0. The summed E-state index contributed by atoms with van der Waals surface area (Å²) in [7, 11) is 1.51. The van der Waals surface area contributed by atoms with Crippen LogP contribution in [0.15, 0.2) is 0 Å². The van der Waals surface area contributed by atoms with Crippen LogP contribution >= 0.6 is 0 Å². The van der Waals surface area contributed by atoms with Crippen LogP contribution in [0.5, 0.6) is 0 Å². The van der Waals surface area contributed by atoms with Gasteiger partial charge in [0.1, 0.15) is 6.61 Å². The molecule has 0 unspecified atom stereocenters. The molecule has 0 bridgehead atoms. The average molecular weight is 206 g/mol. The number of nitrogens with one attached hydrogen (secondary N) is 2. The van der Waals surface area contributed by atoms with Crippen molar-refractivity contribution in [2.24, 2.45) is 0 Å². The highest BCUT2D eigenvalue weighted by Gasteiger charge is 1.95. The lowest BCUT2D eigenvalue weighted by atomic mass is 10.6. The molecule has 14 heavy (non-hydrogen) atoms. The number of ether oxygens (including phenoxy) is 2. The molecule has 0 aliphatic rings. The Balaban J connectivity index is 2.95. The lowest BCUT2D eigenvalue weighted by molar-refractivity contribution is 0.0927. The van der Waals surface area contributed by atoms with Gasteiger partial charge >= 0.3 is 6.09 Å². The predicted octanol–water partition coefficient (Wildman–Crippen LogP) is -1.06. The highest BCUT2D eigenvalue weighted by molar-refractivity contribution is 5.66. The van der Waals surface area contributed by atoms with E-state index in [0.717, 1.165) is 0 Å². The molecule has 0 radical (unpaired) electrons. The van der Waals surface area contributed by atoms with E-state index in [-0.39, 0.29) is 6.61 Å². The smallest absolute Gasteiger partial charge is 0.406 e. The molecule has 84 valence electrons. The summed E-state index contributed by atoms with van der Waals surface area (Å²) in [6, 6.07) is 0. The molecule has 0 atom stereocenters. The molecule has 0 aromatic carbocycles. The fourth-order valence-corrected chi connectivity index (χ4v) is 0.724. The summed E-state index contributed by atoms with van der Waals surface area (Å²) in [4.78, 5) is 10.6. The standard InChI is InChI=1S/C8H18N2O4/c1-9-8(12)14-6-3-10-2-5-13-7-4-11/h10-11H,2-7H2,1H3,(H,9,12). The normalized spacial score (nSPS) is 9.86. The Morgan fingerprint density at radius 3 is 2.64 bits per heavy atom. The minimum atomic E-state index is -0.427. The van der Waals surface area contributed by atoms with E-state index in [2.05, 4.69) is 10.6 Å². The first kappa shape index (κ1) is 13.2. The van der Waals surface area contributed by atoms with E-state index in [9.17, 15) is 4.79 Å². The van der Waals surface area contributed by atoms with Crippen LogP contribution in [-0.2, 0) is 9.47 Å². The zero-order valence-electron chi connectivity index (χ0n) is 8.41. The monoisotopic (exact) mass is 206 g/mol. The zero-order chi connectivity index (χ0) is 10.6. The SMILES string of the molecule is CNC(=O)OCCNCCOCCO. The molecule has 0 spiro atoms. The van der Waals surface area contributed by atoms with Crippen molar-refractivity contribution in [1.82, 2.24) is 10.6 Å². The second-order valence-electron chi connectivity index (χ2n) is 2.47. The van der Waals surface area contributed by atoms with Crippen molar-refractivity contribution in [2.75, 3.05) is 46.6 Å². The quantitative estimate of drug-likeness (QED) is 0.441. The topological polar surface area (TPSA) is 79.8 Å². The van der Waals surface area contributed by atoms with Crippen molar-refractivity contribution in [3.05, 3.63) is 0 Å². The summed E-state index contributed by atoms with van der Waals surface area (Å²) >= 11 is 0. The minimum Gasteiger partial charge on any atom is -0.448 e. The first-order valence-electron chi connectivity index (χ1n) is 4.55. The van der Waals surface area contributed by atoms with Crippen LogP contribution in [0.3, 0.4) is 0 Å². The van der Waals surface area contributed by atoms with Gasteiger partial charge in [-0.2, -0.15) is 0 Å². The molecule has 0 aliphatic carbocycles. The van der Waals surface area contributed by atoms with Gasteiger partial charge in [0, 0.05) is 20.1 Å². The van der Waals surface area contributed by atoms with Crippen LogP contribution in [-0.4, -0.2) is 57.8 Å². The van der Waals surface area contributed by atoms with Gasteiger partial charge in [0.05, 0.1) is 19.8 Å². The first-order chi connectivity index (χ1) is 6.81. The Morgan fingerprint density at radius 2 is 2.00 bits per heavy atom. The Morgan fingerprint density at radius 1 is 1.29 bits per heavy atom. The predicted molar refractivity (Wildman–Crippen MR) is 51.2 cm³/mol. The first-order valence-corrected chi connectivity index (χ1v) is 4.55. The molecule has 0 saturated carbocycles. The van der Waals surface area contributed by atoms with Crippen LogP contribution in [0.2, 0.25) is 0 Å². The molecule has 0 saturated heterocycles. The van der Waals surface area contributed by atoms with Crippen LogP contribution in [0.25, 0.3) is 0 Å². The van der Waals surface area contributed by atoms with Crippen molar-refractivity contribution >= 4 is 6.09 Å². The molecular formula is C8H18N2O4. The number of alkyl carbamates (subject to hydrolysis) is 1. The molecular weight excluding hydrogens is 188 g/mol. The van der Waals surface area contributed by atoms with Crippen LogP contribution in [0.1, 0.15) is 0 Å². The van der Waals surface area contributed by atoms with Gasteiger partial charge in [0.2, 0.25) is 0 Å². The van der Waals surface area contributed by atoms with E-state index >= 15 is 0 Å². The highest BCUT2D eigenvalue weighted by Crippen LogP contribution is 1.75. The number of carbonyl (C=O) groups is 1. The van der Waals surface area contributed by atoms with Crippen molar-refractivity contribution in [2.45, 2.75) is 0 Å². The third kappa shape index (κ3) is 9.24. The Kier molecular flexibility index (Phi) is 9.61. The van der Waals surface area contributed by atoms with E-state index in [0.29, 0.717) is 32.9 Å². The van der Waals surface area contributed by atoms with Gasteiger partial charge in [-0.05, 0) is 0 Å². The molecule has 0 aromatic heterocycles. The van der Waals surface area contributed by atoms with E-state index in [4.69, 9.17) is 14.6 Å². The van der Waals surface area contributed by atoms with Gasteiger partial charge in [-0.3, -0.25) is 0 Å². The Hall–Kier alpha value is -0.850. The number of aliphatic hydroxyl groups excluding tert-OH is 1. The van der Waals surface area contributed by atoms with Crippen molar-refractivity contribution in [1.29, 1.82) is 0 Å². The van der Waals surface area contributed by atoms with Gasteiger partial charge in [-0.1, -0.05) is 0 Å². The van der Waals surface area contributed by atoms with Crippen molar-refractivity contribution in [3.63, 3.8) is 0 Å². The van der Waals surface area contributed by atoms with Crippen LogP contribution < -0.4 is 10.6 Å². The molecule has 0 aliphatic heterocycles. The lowest BCUT2D eigenvalue weighted by Crippen LogP contribution is -2.27. The highest BCUT2D eigenvalue weighted by atomic mass is 16.5. The maximum Gasteiger partial charge on any atom is 0.406 e. The van der Waals surface area contributed by atoms with E-state index in [1.165, 1.54) is 7.05 Å². The van der Waals surface area contributed by atoms with Crippen molar-refractivity contribution in [3.8, 4) is 0 Å². The van der Waals surface area contributed by atoms with Crippen molar-refractivity contribution < 1.29 is 19.4 Å². The zero-order valence-corrected chi connectivity index (χ0v) is 8.41. The van der Waals surface area contributed by atoms with E-state index in [1.54, 1.807) is 0 Å². The summed E-state index contributed by atoms with van der Waals surface area (Å²) in [6.07, 6.45) is -0.427. The number of hydrogen-bond donors (Lipinski definition) is 3. The molecule has 1 amide bonds. The maximum absolute atomic E-state index is 10.6. The summed E-state index contributed by atoms with van der Waals surface area (Å²) in [6.45, 7) is 2.55. The average Bonchev–Trinajstić information content (AvgIpc) is 2.21. The third-order valence-electron chi connectivity index (χ3n) is 1.37. The summed E-state index contributed by atoms with van der Waals surface area (Å²) in [5, 5.41) is 13.7. The van der Waals surface area contributed by atoms with Gasteiger partial charge in [-0.15, -0.1) is 0 Å².